The van der Waals surface area contributed by atoms with Gasteiger partial charge in [-0.05, 0) is 50.1 Å². The average Bonchev–Trinajstić information content (AvgIpc) is 3.09. The van der Waals surface area contributed by atoms with Gasteiger partial charge in [0.2, 0.25) is 0 Å². The number of carboxylic acids is 1. The van der Waals surface area contributed by atoms with Gasteiger partial charge in [0.05, 0.1) is 29.5 Å². The van der Waals surface area contributed by atoms with Crippen LogP contribution in [0, 0.1) is 20.8 Å². The zero-order valence-electron chi connectivity index (χ0n) is 16.7. The van der Waals surface area contributed by atoms with E-state index in [0.717, 1.165) is 21.9 Å². The van der Waals surface area contributed by atoms with Crippen molar-refractivity contribution in [3.63, 3.8) is 0 Å². The van der Waals surface area contributed by atoms with E-state index in [4.69, 9.17) is 8.83 Å². The molecular formula is C23H19NO6. The highest BCUT2D eigenvalue weighted by atomic mass is 16.4. The van der Waals surface area contributed by atoms with Gasteiger partial charge in [-0.1, -0.05) is 12.1 Å². The predicted molar refractivity (Wildman–Crippen MR) is 111 cm³/mol. The van der Waals surface area contributed by atoms with Crippen LogP contribution in [0.3, 0.4) is 0 Å². The summed E-state index contributed by atoms with van der Waals surface area (Å²) >= 11 is 0. The third-order valence-electron chi connectivity index (χ3n) is 5.36. The highest BCUT2D eigenvalue weighted by molar-refractivity contribution is 6.05. The van der Waals surface area contributed by atoms with Gasteiger partial charge in [-0.15, -0.1) is 0 Å². The number of aromatic carboxylic acids is 1. The van der Waals surface area contributed by atoms with Crippen molar-refractivity contribution >= 4 is 33.8 Å². The van der Waals surface area contributed by atoms with E-state index in [9.17, 15) is 19.5 Å². The lowest BCUT2D eigenvalue weighted by Crippen LogP contribution is -2.28. The summed E-state index contributed by atoms with van der Waals surface area (Å²) in [6.07, 6.45) is 1.66. The van der Waals surface area contributed by atoms with E-state index in [1.165, 1.54) is 12.1 Å². The lowest BCUT2D eigenvalue weighted by molar-refractivity contribution is 0.0691. The van der Waals surface area contributed by atoms with Crippen molar-refractivity contribution in [2.45, 2.75) is 27.3 Å². The molecule has 0 aliphatic rings. The Morgan fingerprint density at radius 2 is 1.70 bits per heavy atom. The van der Waals surface area contributed by atoms with Gasteiger partial charge >= 0.3 is 11.6 Å². The number of carbonyl (C=O) groups is 2. The van der Waals surface area contributed by atoms with Crippen molar-refractivity contribution in [3.05, 3.63) is 80.4 Å². The van der Waals surface area contributed by atoms with E-state index in [2.05, 4.69) is 5.32 Å². The van der Waals surface area contributed by atoms with Crippen LogP contribution in [-0.4, -0.2) is 17.0 Å². The Labute approximate surface area is 170 Å². The van der Waals surface area contributed by atoms with Crippen LogP contribution in [0.4, 0.5) is 0 Å². The fourth-order valence-corrected chi connectivity index (χ4v) is 3.65. The first-order valence-electron chi connectivity index (χ1n) is 9.33. The second-order valence-corrected chi connectivity index (χ2v) is 7.20. The number of carboxylic acid groups (broad SMARTS) is 1. The number of aryl methyl sites for hydroxylation is 3. The van der Waals surface area contributed by atoms with Crippen molar-refractivity contribution in [3.8, 4) is 0 Å². The molecule has 2 aromatic carbocycles. The van der Waals surface area contributed by atoms with Crippen molar-refractivity contribution in [1.29, 1.82) is 0 Å². The molecule has 0 aliphatic heterocycles. The molecule has 2 N–H and O–H groups in total. The summed E-state index contributed by atoms with van der Waals surface area (Å²) in [6, 6.07) is 7.83. The fraction of sp³-hybridized carbons (Fsp3) is 0.174. The minimum absolute atomic E-state index is 0.0272. The van der Waals surface area contributed by atoms with E-state index < -0.39 is 17.5 Å². The molecule has 0 aliphatic carbocycles. The van der Waals surface area contributed by atoms with Gasteiger partial charge < -0.3 is 19.3 Å². The maximum absolute atomic E-state index is 12.6. The molecule has 2 heterocycles. The molecule has 4 aromatic rings. The van der Waals surface area contributed by atoms with Crippen LogP contribution in [0.2, 0.25) is 0 Å². The third-order valence-corrected chi connectivity index (χ3v) is 5.36. The molecule has 0 bridgehead atoms. The van der Waals surface area contributed by atoms with E-state index in [1.807, 2.05) is 19.9 Å². The van der Waals surface area contributed by atoms with E-state index in [0.29, 0.717) is 22.3 Å². The summed E-state index contributed by atoms with van der Waals surface area (Å²) in [4.78, 5) is 36.5. The number of carbonyl (C=O) groups excluding carboxylic acids is 1. The number of hydrogen-bond donors (Lipinski definition) is 2. The molecule has 0 spiro atoms. The molecule has 1 amide bonds. The molecule has 4 rings (SSSR count). The topological polar surface area (TPSA) is 110 Å². The first kappa shape index (κ1) is 19.4. The highest BCUT2D eigenvalue weighted by Gasteiger charge is 2.19. The molecular weight excluding hydrogens is 386 g/mol. The van der Waals surface area contributed by atoms with Gasteiger partial charge in [0.15, 0.2) is 0 Å². The first-order chi connectivity index (χ1) is 14.3. The molecule has 0 saturated carbocycles. The van der Waals surface area contributed by atoms with Gasteiger partial charge in [-0.25, -0.2) is 9.59 Å². The monoisotopic (exact) mass is 405 g/mol. The second-order valence-electron chi connectivity index (χ2n) is 7.20. The molecule has 0 unspecified atom stereocenters. The number of furan rings is 1. The van der Waals surface area contributed by atoms with E-state index in [1.54, 1.807) is 25.3 Å². The number of fused-ring (bicyclic) bond motifs is 2. The van der Waals surface area contributed by atoms with Crippen molar-refractivity contribution < 1.29 is 23.5 Å². The minimum atomic E-state index is -1.20. The van der Waals surface area contributed by atoms with Crippen LogP contribution >= 0.6 is 0 Å². The van der Waals surface area contributed by atoms with Gasteiger partial charge in [0.25, 0.3) is 5.91 Å². The number of nitrogens with one attached hydrogen (secondary N) is 1. The molecule has 152 valence electrons. The molecule has 0 fully saturated rings. The molecule has 30 heavy (non-hydrogen) atoms. The molecule has 0 atom stereocenters. The van der Waals surface area contributed by atoms with Crippen molar-refractivity contribution in [1.82, 2.24) is 5.32 Å². The summed E-state index contributed by atoms with van der Waals surface area (Å²) in [5.41, 5.74) is 3.20. The van der Waals surface area contributed by atoms with Gasteiger partial charge in [-0.3, -0.25) is 4.79 Å². The summed E-state index contributed by atoms with van der Waals surface area (Å²) in [7, 11) is 0. The second kappa shape index (κ2) is 7.18. The fourth-order valence-electron chi connectivity index (χ4n) is 3.65. The molecule has 7 heteroatoms. The SMILES string of the molecule is Cc1coc2c(C)c3oc(=O)c(CNC(=O)c4ccccc4C(=O)O)c(C)c3cc12. The Hall–Kier alpha value is -3.87. The Morgan fingerprint density at radius 1 is 1.00 bits per heavy atom. The minimum Gasteiger partial charge on any atom is -0.478 e. The lowest BCUT2D eigenvalue weighted by Gasteiger charge is -2.11. The zero-order valence-corrected chi connectivity index (χ0v) is 16.7. The van der Waals surface area contributed by atoms with Gasteiger partial charge in [-0.2, -0.15) is 0 Å². The number of benzene rings is 2. The van der Waals surface area contributed by atoms with Crippen LogP contribution in [0.25, 0.3) is 21.9 Å². The largest absolute Gasteiger partial charge is 0.478 e. The van der Waals surface area contributed by atoms with Gasteiger partial charge in [0, 0.05) is 16.3 Å². The summed E-state index contributed by atoms with van der Waals surface area (Å²) in [6.45, 7) is 5.48. The van der Waals surface area contributed by atoms with Crippen LogP contribution in [0.1, 0.15) is 43.0 Å². The standard InChI is InChI=1S/C23H19NO6/c1-11-10-29-19-13(3)20-17(8-16(11)19)12(2)18(23(28)30-20)9-24-21(25)14-6-4-5-7-15(14)22(26)27/h4-8,10H,9H2,1-3H3,(H,24,25)(H,26,27). The van der Waals surface area contributed by atoms with E-state index in [-0.39, 0.29) is 17.7 Å². The Morgan fingerprint density at radius 3 is 2.40 bits per heavy atom. The summed E-state index contributed by atoms with van der Waals surface area (Å²) in [5, 5.41) is 13.6. The van der Waals surface area contributed by atoms with Crippen molar-refractivity contribution in [2.75, 3.05) is 0 Å². The summed E-state index contributed by atoms with van der Waals surface area (Å²) < 4.78 is 11.1. The predicted octanol–water partition coefficient (Wildman–Crippen LogP) is 4.09. The normalized spacial score (nSPS) is 11.2. The quantitative estimate of drug-likeness (QED) is 0.495. The molecule has 2 aromatic heterocycles. The molecule has 7 nitrogen and oxygen atoms in total. The Balaban J connectivity index is 1.74. The molecule has 0 radical (unpaired) electrons. The van der Waals surface area contributed by atoms with Crippen LogP contribution in [-0.2, 0) is 6.54 Å². The maximum Gasteiger partial charge on any atom is 0.341 e. The van der Waals surface area contributed by atoms with Gasteiger partial charge in [0.1, 0.15) is 11.2 Å². The number of amides is 1. The average molecular weight is 405 g/mol. The smallest absolute Gasteiger partial charge is 0.341 e. The van der Waals surface area contributed by atoms with Crippen LogP contribution in [0.15, 0.2) is 50.2 Å². The maximum atomic E-state index is 12.6. The highest BCUT2D eigenvalue weighted by Crippen LogP contribution is 2.32. The van der Waals surface area contributed by atoms with Crippen LogP contribution < -0.4 is 10.9 Å². The Kier molecular flexibility index (Phi) is 4.66. The van der Waals surface area contributed by atoms with Crippen molar-refractivity contribution in [2.24, 2.45) is 0 Å². The Bertz CT molecular complexity index is 1390. The van der Waals surface area contributed by atoms with E-state index >= 15 is 0 Å². The molecule has 0 saturated heterocycles. The zero-order chi connectivity index (χ0) is 21.6. The lowest BCUT2D eigenvalue weighted by atomic mass is 10.0. The third kappa shape index (κ3) is 3.04. The van der Waals surface area contributed by atoms with Crippen LogP contribution in [0.5, 0.6) is 0 Å². The first-order valence-corrected chi connectivity index (χ1v) is 9.33. The number of rotatable bonds is 4. The number of hydrogen-bond acceptors (Lipinski definition) is 5. The summed E-state index contributed by atoms with van der Waals surface area (Å²) in [5.74, 6) is -1.78.